The molecule has 0 aliphatic rings. The third kappa shape index (κ3) is 2.42. The Morgan fingerprint density at radius 1 is 1.39 bits per heavy atom. The van der Waals surface area contributed by atoms with Crippen LogP contribution in [0.15, 0.2) is 18.6 Å². The first kappa shape index (κ1) is 12.4. The number of rotatable bonds is 3. The summed E-state index contributed by atoms with van der Waals surface area (Å²) >= 11 is 0. The van der Waals surface area contributed by atoms with Crippen LogP contribution in [0.3, 0.4) is 0 Å². The highest BCUT2D eigenvalue weighted by atomic mass is 16.3. The van der Waals surface area contributed by atoms with Crippen molar-refractivity contribution in [3.05, 3.63) is 18.6 Å². The number of hydrogen-bond acceptors (Lipinski definition) is 5. The van der Waals surface area contributed by atoms with E-state index in [0.29, 0.717) is 18.0 Å². The Kier molecular flexibility index (Phi) is 3.77. The zero-order valence-corrected chi connectivity index (χ0v) is 9.74. The monoisotopic (exact) mass is 246 g/mol. The molecule has 4 N–H and O–H groups in total. The molecule has 0 bridgehead atoms. The van der Waals surface area contributed by atoms with Gasteiger partial charge in [-0.25, -0.2) is 9.97 Å². The van der Waals surface area contributed by atoms with Crippen molar-refractivity contribution >= 4 is 16.9 Å². The summed E-state index contributed by atoms with van der Waals surface area (Å²) in [4.78, 5) is 8.07. The summed E-state index contributed by atoms with van der Waals surface area (Å²) < 4.78 is 1.86. The average Bonchev–Trinajstić information content (AvgIpc) is 2.79. The maximum Gasteiger partial charge on any atom is 0.145 e. The fourth-order valence-electron chi connectivity index (χ4n) is 1.75. The van der Waals surface area contributed by atoms with Gasteiger partial charge in [-0.2, -0.15) is 0 Å². The summed E-state index contributed by atoms with van der Waals surface area (Å²) in [6.45, 7) is 0.203. The van der Waals surface area contributed by atoms with Crippen molar-refractivity contribution in [2.24, 2.45) is 5.92 Å². The van der Waals surface area contributed by atoms with Crippen molar-refractivity contribution in [3.8, 4) is 11.8 Å². The minimum Gasteiger partial charge on any atom is -0.395 e. The van der Waals surface area contributed by atoms with Crippen LogP contribution in [0, 0.1) is 17.8 Å². The Morgan fingerprint density at radius 3 is 2.94 bits per heavy atom. The van der Waals surface area contributed by atoms with E-state index in [4.69, 9.17) is 10.8 Å². The third-order valence-corrected chi connectivity index (χ3v) is 2.61. The van der Waals surface area contributed by atoms with E-state index >= 15 is 0 Å². The maximum absolute atomic E-state index is 9.22. The van der Waals surface area contributed by atoms with E-state index in [2.05, 4.69) is 21.8 Å². The Bertz CT molecular complexity index is 597. The first-order valence-corrected chi connectivity index (χ1v) is 5.51. The summed E-state index contributed by atoms with van der Waals surface area (Å²) in [5.41, 5.74) is 6.45. The van der Waals surface area contributed by atoms with E-state index in [1.165, 1.54) is 6.33 Å². The Balaban J connectivity index is 2.29. The summed E-state index contributed by atoms with van der Waals surface area (Å²) in [7, 11) is 0. The van der Waals surface area contributed by atoms with Gasteiger partial charge in [0.15, 0.2) is 0 Å². The topological polar surface area (TPSA) is 97.2 Å². The first-order chi connectivity index (χ1) is 8.76. The molecule has 6 nitrogen and oxygen atoms in total. The molecule has 18 heavy (non-hydrogen) atoms. The number of nitrogens with two attached hydrogens (primary N) is 1. The van der Waals surface area contributed by atoms with Gasteiger partial charge in [0.2, 0.25) is 0 Å². The van der Waals surface area contributed by atoms with E-state index in [1.54, 1.807) is 0 Å². The summed E-state index contributed by atoms with van der Waals surface area (Å²) in [6.07, 6.45) is 3.24. The number of aliphatic hydroxyl groups excluding tert-OH is 2. The van der Waals surface area contributed by atoms with Gasteiger partial charge in [-0.3, -0.25) is 0 Å². The predicted octanol–water partition coefficient (Wildman–Crippen LogP) is -0.382. The molecule has 0 spiro atoms. The molecule has 0 aromatic carbocycles. The summed E-state index contributed by atoms with van der Waals surface area (Å²) in [6, 6.07) is 1.83. The molecule has 0 aliphatic carbocycles. The second kappa shape index (κ2) is 5.49. The van der Waals surface area contributed by atoms with Crippen molar-refractivity contribution in [2.45, 2.75) is 6.54 Å². The molecule has 0 saturated carbocycles. The molecule has 0 fully saturated rings. The SMILES string of the molecule is Nc1ncnc2c1ccn2CC(C#CCO)CO. The molecule has 2 aromatic rings. The van der Waals surface area contributed by atoms with E-state index < -0.39 is 0 Å². The van der Waals surface area contributed by atoms with Gasteiger partial charge < -0.3 is 20.5 Å². The molecule has 2 aromatic heterocycles. The van der Waals surface area contributed by atoms with Crippen LogP contribution in [-0.2, 0) is 6.54 Å². The van der Waals surface area contributed by atoms with Gasteiger partial charge in [0.05, 0.1) is 17.9 Å². The lowest BCUT2D eigenvalue weighted by atomic mass is 10.1. The normalized spacial score (nSPS) is 12.1. The molecule has 1 unspecified atom stereocenters. The van der Waals surface area contributed by atoms with Crippen LogP contribution in [0.2, 0.25) is 0 Å². The largest absolute Gasteiger partial charge is 0.395 e. The van der Waals surface area contributed by atoms with E-state index in [1.807, 2.05) is 16.8 Å². The Labute approximate surface area is 104 Å². The molecule has 1 atom stereocenters. The van der Waals surface area contributed by atoms with Crippen molar-refractivity contribution in [1.29, 1.82) is 0 Å². The molecule has 0 aliphatic heterocycles. The van der Waals surface area contributed by atoms with Crippen LogP contribution in [-0.4, -0.2) is 38.0 Å². The standard InChI is InChI=1S/C12H14N4O2/c13-11-10-3-4-16(12(10)15-8-14-11)6-9(7-18)2-1-5-17/h3-4,8-9,17-18H,5-7H2,(H2,13,14,15). The molecule has 0 saturated heterocycles. The number of aromatic nitrogens is 3. The van der Waals surface area contributed by atoms with Crippen molar-refractivity contribution in [2.75, 3.05) is 18.9 Å². The number of fused-ring (bicyclic) bond motifs is 1. The van der Waals surface area contributed by atoms with Crippen molar-refractivity contribution in [1.82, 2.24) is 14.5 Å². The molecule has 2 heterocycles. The van der Waals surface area contributed by atoms with Gasteiger partial charge in [-0.15, -0.1) is 0 Å². The molecule has 94 valence electrons. The molecular weight excluding hydrogens is 232 g/mol. The lowest BCUT2D eigenvalue weighted by molar-refractivity contribution is 0.245. The van der Waals surface area contributed by atoms with Gasteiger partial charge in [0, 0.05) is 12.7 Å². The molecule has 0 amide bonds. The highest BCUT2D eigenvalue weighted by Crippen LogP contribution is 2.18. The first-order valence-electron chi connectivity index (χ1n) is 5.51. The number of nitrogen functional groups attached to an aromatic ring is 1. The molecular formula is C12H14N4O2. The van der Waals surface area contributed by atoms with Gasteiger partial charge in [0.25, 0.3) is 0 Å². The number of aliphatic hydroxyl groups is 2. The third-order valence-electron chi connectivity index (χ3n) is 2.61. The predicted molar refractivity (Wildman–Crippen MR) is 67.4 cm³/mol. The second-order valence-corrected chi connectivity index (χ2v) is 3.82. The van der Waals surface area contributed by atoms with Crippen LogP contribution in [0.5, 0.6) is 0 Å². The van der Waals surface area contributed by atoms with Crippen LogP contribution in [0.25, 0.3) is 11.0 Å². The smallest absolute Gasteiger partial charge is 0.145 e. The van der Waals surface area contributed by atoms with E-state index in [-0.39, 0.29) is 19.1 Å². The quantitative estimate of drug-likeness (QED) is 0.641. The highest BCUT2D eigenvalue weighted by Gasteiger charge is 2.10. The summed E-state index contributed by atoms with van der Waals surface area (Å²) in [5.74, 6) is 5.52. The van der Waals surface area contributed by atoms with Crippen LogP contribution >= 0.6 is 0 Å². The zero-order chi connectivity index (χ0) is 13.0. The maximum atomic E-state index is 9.22. The Hall–Kier alpha value is -2.10. The van der Waals surface area contributed by atoms with E-state index in [9.17, 15) is 5.11 Å². The second-order valence-electron chi connectivity index (χ2n) is 3.82. The Morgan fingerprint density at radius 2 is 2.22 bits per heavy atom. The van der Waals surface area contributed by atoms with Gasteiger partial charge in [0.1, 0.15) is 24.4 Å². The summed E-state index contributed by atoms with van der Waals surface area (Å²) in [5, 5.41) is 18.7. The molecule has 6 heteroatoms. The number of hydrogen-bond donors (Lipinski definition) is 3. The van der Waals surface area contributed by atoms with Crippen LogP contribution in [0.4, 0.5) is 5.82 Å². The lowest BCUT2D eigenvalue weighted by Gasteiger charge is -2.09. The molecule has 2 rings (SSSR count). The minimum absolute atomic E-state index is 0.0762. The van der Waals surface area contributed by atoms with Crippen molar-refractivity contribution < 1.29 is 10.2 Å². The van der Waals surface area contributed by atoms with Crippen molar-refractivity contribution in [3.63, 3.8) is 0 Å². The zero-order valence-electron chi connectivity index (χ0n) is 9.74. The number of anilines is 1. The minimum atomic E-state index is -0.246. The van der Waals surface area contributed by atoms with Crippen LogP contribution < -0.4 is 5.73 Å². The fraction of sp³-hybridized carbons (Fsp3) is 0.333. The van der Waals surface area contributed by atoms with Crippen LogP contribution in [0.1, 0.15) is 0 Å². The highest BCUT2D eigenvalue weighted by molar-refractivity contribution is 5.85. The fourth-order valence-corrected chi connectivity index (χ4v) is 1.75. The van der Waals surface area contributed by atoms with E-state index in [0.717, 1.165) is 5.39 Å². The number of nitrogens with zero attached hydrogens (tertiary/aromatic N) is 3. The lowest BCUT2D eigenvalue weighted by Crippen LogP contribution is -2.13. The van der Waals surface area contributed by atoms with Gasteiger partial charge >= 0.3 is 0 Å². The average molecular weight is 246 g/mol. The molecule has 0 radical (unpaired) electrons. The van der Waals surface area contributed by atoms with Gasteiger partial charge in [-0.1, -0.05) is 11.8 Å². The van der Waals surface area contributed by atoms with Gasteiger partial charge in [-0.05, 0) is 6.07 Å².